The lowest BCUT2D eigenvalue weighted by molar-refractivity contribution is -0.121. The SMILES string of the molecule is CCC1(CC)C(=O)Nc2ccccc2-c2ccccc21. The fourth-order valence-corrected chi connectivity index (χ4v) is 3.28. The smallest absolute Gasteiger partial charge is 0.235 e. The number of carbonyl (C=O) groups excluding carboxylic acids is 1. The molecule has 0 spiro atoms. The number of carbonyl (C=O) groups is 1. The van der Waals surface area contributed by atoms with Crippen molar-refractivity contribution in [1.82, 2.24) is 0 Å². The van der Waals surface area contributed by atoms with E-state index in [-0.39, 0.29) is 5.91 Å². The second-order valence-corrected chi connectivity index (χ2v) is 5.33. The summed E-state index contributed by atoms with van der Waals surface area (Å²) in [4.78, 5) is 12.8. The maximum atomic E-state index is 12.8. The van der Waals surface area contributed by atoms with Gasteiger partial charge in [-0.15, -0.1) is 0 Å². The maximum Gasteiger partial charge on any atom is 0.235 e. The maximum absolute atomic E-state index is 12.8. The van der Waals surface area contributed by atoms with Crippen molar-refractivity contribution < 1.29 is 4.79 Å². The van der Waals surface area contributed by atoms with Gasteiger partial charge in [-0.05, 0) is 30.0 Å². The normalized spacial score (nSPS) is 15.8. The highest BCUT2D eigenvalue weighted by Crippen LogP contribution is 2.44. The van der Waals surface area contributed by atoms with Crippen molar-refractivity contribution >= 4 is 11.6 Å². The summed E-state index contributed by atoms with van der Waals surface area (Å²) < 4.78 is 0. The molecule has 1 heterocycles. The minimum absolute atomic E-state index is 0.111. The molecule has 0 fully saturated rings. The molecule has 0 bridgehead atoms. The highest BCUT2D eigenvalue weighted by atomic mass is 16.2. The Morgan fingerprint density at radius 1 is 0.900 bits per heavy atom. The van der Waals surface area contributed by atoms with E-state index in [0.29, 0.717) is 0 Å². The molecule has 0 saturated carbocycles. The third-order valence-electron chi connectivity index (χ3n) is 4.55. The second-order valence-electron chi connectivity index (χ2n) is 5.33. The van der Waals surface area contributed by atoms with Gasteiger partial charge in [-0.3, -0.25) is 4.79 Å². The van der Waals surface area contributed by atoms with Crippen molar-refractivity contribution in [3.05, 3.63) is 54.1 Å². The molecular weight excluding hydrogens is 246 g/mol. The molecule has 2 heteroatoms. The van der Waals surface area contributed by atoms with Crippen molar-refractivity contribution in [2.75, 3.05) is 5.32 Å². The first-order chi connectivity index (χ1) is 9.73. The van der Waals surface area contributed by atoms with Crippen LogP contribution in [0.2, 0.25) is 0 Å². The molecule has 1 aliphatic heterocycles. The predicted octanol–water partition coefficient (Wildman–Crippen LogP) is 4.36. The number of benzene rings is 2. The summed E-state index contributed by atoms with van der Waals surface area (Å²) in [6.45, 7) is 4.19. The molecule has 0 radical (unpaired) electrons. The first-order valence-electron chi connectivity index (χ1n) is 7.23. The van der Waals surface area contributed by atoms with Gasteiger partial charge >= 0.3 is 0 Å². The summed E-state index contributed by atoms with van der Waals surface area (Å²) in [5.74, 6) is 0.111. The lowest BCUT2D eigenvalue weighted by atomic mass is 9.73. The van der Waals surface area contributed by atoms with Crippen LogP contribution in [0.15, 0.2) is 48.5 Å². The first-order valence-corrected chi connectivity index (χ1v) is 7.23. The lowest BCUT2D eigenvalue weighted by Gasteiger charge is -2.30. The van der Waals surface area contributed by atoms with Crippen LogP contribution in [-0.4, -0.2) is 5.91 Å². The fraction of sp³-hybridized carbons (Fsp3) is 0.278. The highest BCUT2D eigenvalue weighted by Gasteiger charge is 2.40. The Morgan fingerprint density at radius 2 is 1.50 bits per heavy atom. The Hall–Kier alpha value is -2.09. The van der Waals surface area contributed by atoms with E-state index in [2.05, 4.69) is 37.4 Å². The van der Waals surface area contributed by atoms with E-state index in [9.17, 15) is 4.79 Å². The molecule has 0 saturated heterocycles. The third kappa shape index (κ3) is 1.68. The number of hydrogen-bond donors (Lipinski definition) is 1. The van der Waals surface area contributed by atoms with Crippen molar-refractivity contribution in [3.8, 4) is 11.1 Å². The van der Waals surface area contributed by atoms with E-state index < -0.39 is 5.41 Å². The summed E-state index contributed by atoms with van der Waals surface area (Å²) in [6, 6.07) is 16.3. The lowest BCUT2D eigenvalue weighted by Crippen LogP contribution is -2.38. The molecule has 2 aromatic carbocycles. The standard InChI is InChI=1S/C18H19NO/c1-3-18(4-2)15-11-7-5-9-13(15)14-10-6-8-12-16(14)19-17(18)20/h5-12H,3-4H2,1-2H3,(H,19,20). The molecule has 0 atom stereocenters. The summed E-state index contributed by atoms with van der Waals surface area (Å²) in [5, 5.41) is 3.12. The molecule has 1 N–H and O–H groups in total. The van der Waals surface area contributed by atoms with Crippen LogP contribution in [0.3, 0.4) is 0 Å². The average Bonchev–Trinajstić information content (AvgIpc) is 2.60. The zero-order valence-electron chi connectivity index (χ0n) is 11.9. The van der Waals surface area contributed by atoms with Crippen molar-refractivity contribution in [3.63, 3.8) is 0 Å². The van der Waals surface area contributed by atoms with Crippen LogP contribution < -0.4 is 5.32 Å². The number of para-hydroxylation sites is 1. The molecule has 1 aliphatic rings. The molecule has 0 aromatic heterocycles. The quantitative estimate of drug-likeness (QED) is 0.858. The van der Waals surface area contributed by atoms with Crippen molar-refractivity contribution in [2.45, 2.75) is 32.1 Å². The number of fused-ring (bicyclic) bond motifs is 3. The van der Waals surface area contributed by atoms with E-state index in [1.807, 2.05) is 30.3 Å². The molecule has 3 rings (SSSR count). The molecule has 20 heavy (non-hydrogen) atoms. The highest BCUT2D eigenvalue weighted by molar-refractivity contribution is 6.06. The van der Waals surface area contributed by atoms with E-state index in [1.54, 1.807) is 0 Å². The van der Waals surface area contributed by atoms with Crippen LogP contribution in [0.5, 0.6) is 0 Å². The van der Waals surface area contributed by atoms with Gasteiger partial charge in [-0.2, -0.15) is 0 Å². The van der Waals surface area contributed by atoms with Crippen LogP contribution in [0.25, 0.3) is 11.1 Å². The number of nitrogens with one attached hydrogen (secondary N) is 1. The van der Waals surface area contributed by atoms with E-state index in [4.69, 9.17) is 0 Å². The molecule has 1 amide bonds. The molecular formula is C18H19NO. The molecule has 2 aromatic rings. The predicted molar refractivity (Wildman–Crippen MR) is 82.8 cm³/mol. The molecule has 102 valence electrons. The number of rotatable bonds is 2. The monoisotopic (exact) mass is 265 g/mol. The Bertz CT molecular complexity index is 656. The second kappa shape index (κ2) is 4.78. The largest absolute Gasteiger partial charge is 0.325 e. The summed E-state index contributed by atoms with van der Waals surface area (Å²) >= 11 is 0. The summed E-state index contributed by atoms with van der Waals surface area (Å²) in [7, 11) is 0. The minimum Gasteiger partial charge on any atom is -0.325 e. The van der Waals surface area contributed by atoms with Gasteiger partial charge in [-0.25, -0.2) is 0 Å². The zero-order chi connectivity index (χ0) is 14.2. The van der Waals surface area contributed by atoms with Crippen LogP contribution in [-0.2, 0) is 10.2 Å². The molecule has 0 unspecified atom stereocenters. The van der Waals surface area contributed by atoms with Gasteiger partial charge in [0.05, 0.1) is 5.41 Å². The molecule has 0 aliphatic carbocycles. The van der Waals surface area contributed by atoms with Gasteiger partial charge in [0, 0.05) is 11.3 Å². The van der Waals surface area contributed by atoms with Gasteiger partial charge in [0.1, 0.15) is 0 Å². The topological polar surface area (TPSA) is 29.1 Å². The van der Waals surface area contributed by atoms with Crippen LogP contribution >= 0.6 is 0 Å². The Balaban J connectivity index is 2.36. The fourth-order valence-electron chi connectivity index (χ4n) is 3.28. The van der Waals surface area contributed by atoms with Crippen LogP contribution in [0.1, 0.15) is 32.3 Å². The van der Waals surface area contributed by atoms with Crippen LogP contribution in [0, 0.1) is 0 Å². The van der Waals surface area contributed by atoms with Crippen molar-refractivity contribution in [2.24, 2.45) is 0 Å². The van der Waals surface area contributed by atoms with Gasteiger partial charge in [0.2, 0.25) is 5.91 Å². The van der Waals surface area contributed by atoms with Crippen molar-refractivity contribution in [1.29, 1.82) is 0 Å². The van der Waals surface area contributed by atoms with E-state index in [1.165, 1.54) is 5.56 Å². The number of anilines is 1. The first kappa shape index (κ1) is 12.9. The number of amides is 1. The average molecular weight is 265 g/mol. The summed E-state index contributed by atoms with van der Waals surface area (Å²) in [6.07, 6.45) is 1.61. The zero-order valence-corrected chi connectivity index (χ0v) is 11.9. The van der Waals surface area contributed by atoms with Gasteiger partial charge < -0.3 is 5.32 Å². The van der Waals surface area contributed by atoms with Crippen LogP contribution in [0.4, 0.5) is 5.69 Å². The van der Waals surface area contributed by atoms with E-state index >= 15 is 0 Å². The minimum atomic E-state index is -0.435. The Morgan fingerprint density at radius 3 is 2.20 bits per heavy atom. The third-order valence-corrected chi connectivity index (χ3v) is 4.55. The summed E-state index contributed by atoms with van der Waals surface area (Å²) in [5.41, 5.74) is 3.90. The Kier molecular flexibility index (Phi) is 3.09. The van der Waals surface area contributed by atoms with Gasteiger partial charge in [0.25, 0.3) is 0 Å². The van der Waals surface area contributed by atoms with Gasteiger partial charge in [-0.1, -0.05) is 56.3 Å². The van der Waals surface area contributed by atoms with Gasteiger partial charge in [0.15, 0.2) is 0 Å². The molecule has 2 nitrogen and oxygen atoms in total. The number of hydrogen-bond acceptors (Lipinski definition) is 1. The Labute approximate surface area is 119 Å². The van der Waals surface area contributed by atoms with E-state index in [0.717, 1.165) is 29.7 Å².